The molecule has 110 valence electrons. The van der Waals surface area contributed by atoms with Crippen molar-refractivity contribution in [3.63, 3.8) is 0 Å². The lowest BCUT2D eigenvalue weighted by Crippen LogP contribution is -2.24. The van der Waals surface area contributed by atoms with Crippen molar-refractivity contribution in [1.29, 1.82) is 0 Å². The third kappa shape index (κ3) is 6.02. The zero-order valence-corrected chi connectivity index (χ0v) is 13.9. The fourth-order valence-electron chi connectivity index (χ4n) is 1.84. The Morgan fingerprint density at radius 2 is 2.00 bits per heavy atom. The number of rotatable bonds is 9. The van der Waals surface area contributed by atoms with Gasteiger partial charge >= 0.3 is 0 Å². The van der Waals surface area contributed by atoms with E-state index in [4.69, 9.17) is 4.98 Å². The van der Waals surface area contributed by atoms with Gasteiger partial charge in [-0.3, -0.25) is 0 Å². The minimum Gasteiger partial charge on any atom is -0.309 e. The number of aromatic nitrogens is 1. The lowest BCUT2D eigenvalue weighted by atomic mass is 10.2. The van der Waals surface area contributed by atoms with Crippen LogP contribution in [0, 0.1) is 0 Å². The summed E-state index contributed by atoms with van der Waals surface area (Å²) in [6, 6.07) is 0.585. The van der Waals surface area contributed by atoms with E-state index in [2.05, 4.69) is 45.1 Å². The van der Waals surface area contributed by atoms with E-state index in [-0.39, 0.29) is 0 Å². The molecule has 4 heteroatoms. The molecule has 0 aliphatic rings. The van der Waals surface area contributed by atoms with E-state index >= 15 is 0 Å². The number of thiazole rings is 1. The zero-order valence-electron chi connectivity index (χ0n) is 13.1. The first-order chi connectivity index (χ1) is 9.06. The first kappa shape index (κ1) is 16.6. The molecule has 0 aromatic carbocycles. The highest BCUT2D eigenvalue weighted by Crippen LogP contribution is 2.21. The van der Waals surface area contributed by atoms with Crippen LogP contribution < -0.4 is 5.32 Å². The second-order valence-corrected chi connectivity index (χ2v) is 6.64. The van der Waals surface area contributed by atoms with Crippen LogP contribution in [0.1, 0.15) is 49.2 Å². The van der Waals surface area contributed by atoms with Gasteiger partial charge in [0.25, 0.3) is 0 Å². The molecule has 0 spiro atoms. The van der Waals surface area contributed by atoms with Crippen LogP contribution in [-0.4, -0.2) is 36.6 Å². The van der Waals surface area contributed by atoms with Gasteiger partial charge < -0.3 is 10.2 Å². The minimum atomic E-state index is 0.585. The molecule has 1 aromatic heterocycles. The summed E-state index contributed by atoms with van der Waals surface area (Å²) in [6.07, 6.45) is 4.52. The monoisotopic (exact) mass is 283 g/mol. The van der Waals surface area contributed by atoms with Gasteiger partial charge in [-0.25, -0.2) is 4.98 Å². The molecule has 19 heavy (non-hydrogen) atoms. The van der Waals surface area contributed by atoms with Gasteiger partial charge in [-0.15, -0.1) is 11.3 Å². The number of hydrogen-bond acceptors (Lipinski definition) is 4. The Balaban J connectivity index is 2.65. The van der Waals surface area contributed by atoms with Crippen LogP contribution in [0.25, 0.3) is 0 Å². The van der Waals surface area contributed by atoms with Crippen LogP contribution in [0.4, 0.5) is 0 Å². The highest BCUT2D eigenvalue weighted by Gasteiger charge is 2.11. The van der Waals surface area contributed by atoms with E-state index < -0.39 is 0 Å². The zero-order chi connectivity index (χ0) is 14.3. The van der Waals surface area contributed by atoms with Crippen molar-refractivity contribution in [2.75, 3.05) is 20.6 Å². The van der Waals surface area contributed by atoms with Gasteiger partial charge in [0, 0.05) is 30.4 Å². The minimum absolute atomic E-state index is 0.585. The molecule has 1 aromatic rings. The number of likely N-dealkylation sites (N-methyl/N-ethyl adjacent to an activating group) is 1. The Bertz CT molecular complexity index is 360. The van der Waals surface area contributed by atoms with Crippen LogP contribution >= 0.6 is 11.3 Å². The molecule has 0 aliphatic heterocycles. The second-order valence-electron chi connectivity index (χ2n) is 5.47. The van der Waals surface area contributed by atoms with E-state index in [1.165, 1.54) is 28.4 Å². The third-order valence-electron chi connectivity index (χ3n) is 3.31. The highest BCUT2D eigenvalue weighted by atomic mass is 32.1. The van der Waals surface area contributed by atoms with Crippen molar-refractivity contribution in [3.8, 4) is 0 Å². The fourth-order valence-corrected chi connectivity index (χ4v) is 2.90. The average Bonchev–Trinajstić information content (AvgIpc) is 2.76. The summed E-state index contributed by atoms with van der Waals surface area (Å²) in [4.78, 5) is 8.49. The Kier molecular flexibility index (Phi) is 7.57. The molecular weight excluding hydrogens is 254 g/mol. The van der Waals surface area contributed by atoms with Crippen LogP contribution in [-0.2, 0) is 19.4 Å². The van der Waals surface area contributed by atoms with Crippen molar-refractivity contribution >= 4 is 11.3 Å². The summed E-state index contributed by atoms with van der Waals surface area (Å²) in [6.45, 7) is 8.75. The molecule has 1 heterocycles. The summed E-state index contributed by atoms with van der Waals surface area (Å²) >= 11 is 1.89. The molecule has 1 N–H and O–H groups in total. The molecule has 0 radical (unpaired) electrons. The molecular formula is C15H29N3S. The number of aryl methyl sites for hydroxylation is 1. The molecule has 0 fully saturated rings. The van der Waals surface area contributed by atoms with Gasteiger partial charge in [0.15, 0.2) is 0 Å². The van der Waals surface area contributed by atoms with Crippen molar-refractivity contribution in [2.24, 2.45) is 0 Å². The molecule has 0 bridgehead atoms. The van der Waals surface area contributed by atoms with Crippen molar-refractivity contribution in [1.82, 2.24) is 15.2 Å². The van der Waals surface area contributed by atoms with E-state index in [0.29, 0.717) is 6.04 Å². The maximum Gasteiger partial charge on any atom is 0.0944 e. The molecule has 3 nitrogen and oxygen atoms in total. The summed E-state index contributed by atoms with van der Waals surface area (Å²) in [5.74, 6) is 0. The Morgan fingerprint density at radius 1 is 1.26 bits per heavy atom. The van der Waals surface area contributed by atoms with Crippen LogP contribution in [0.3, 0.4) is 0 Å². The molecule has 0 aliphatic carbocycles. The maximum absolute atomic E-state index is 4.83. The largest absolute Gasteiger partial charge is 0.309 e. The number of nitrogens with zero attached hydrogens (tertiary/aromatic N) is 2. The maximum atomic E-state index is 4.83. The fraction of sp³-hybridized carbons (Fsp3) is 0.800. The number of nitrogens with one attached hydrogen (secondary N) is 1. The highest BCUT2D eigenvalue weighted by molar-refractivity contribution is 7.11. The van der Waals surface area contributed by atoms with Gasteiger partial charge in [-0.2, -0.15) is 0 Å². The van der Waals surface area contributed by atoms with Gasteiger partial charge in [0.05, 0.1) is 10.7 Å². The lowest BCUT2D eigenvalue weighted by molar-refractivity contribution is 0.413. The van der Waals surface area contributed by atoms with Crippen molar-refractivity contribution in [2.45, 2.75) is 59.0 Å². The SMILES string of the molecule is CCCc1nc(CCN(C)C)sc1CNC(C)CC. The van der Waals surface area contributed by atoms with Crippen LogP contribution in [0.5, 0.6) is 0 Å². The van der Waals surface area contributed by atoms with Crippen molar-refractivity contribution < 1.29 is 0 Å². The third-order valence-corrected chi connectivity index (χ3v) is 4.46. The topological polar surface area (TPSA) is 28.2 Å². The van der Waals surface area contributed by atoms with Crippen LogP contribution in [0.2, 0.25) is 0 Å². The van der Waals surface area contributed by atoms with Gasteiger partial charge in [0.1, 0.15) is 0 Å². The molecule has 1 rings (SSSR count). The quantitative estimate of drug-likeness (QED) is 0.755. The predicted molar refractivity (Wildman–Crippen MR) is 85.0 cm³/mol. The van der Waals surface area contributed by atoms with Crippen molar-refractivity contribution in [3.05, 3.63) is 15.6 Å². The molecule has 0 saturated heterocycles. The molecule has 0 amide bonds. The first-order valence-electron chi connectivity index (χ1n) is 7.42. The summed E-state index contributed by atoms with van der Waals surface area (Å²) < 4.78 is 0. The van der Waals surface area contributed by atoms with Gasteiger partial charge in [-0.05, 0) is 33.9 Å². The van der Waals surface area contributed by atoms with E-state index in [1.807, 2.05) is 11.3 Å². The Labute approximate surface area is 122 Å². The molecule has 1 unspecified atom stereocenters. The Hall–Kier alpha value is -0.450. The predicted octanol–water partition coefficient (Wildman–Crippen LogP) is 3.09. The number of hydrogen-bond donors (Lipinski definition) is 1. The van der Waals surface area contributed by atoms with Crippen LogP contribution in [0.15, 0.2) is 0 Å². The first-order valence-corrected chi connectivity index (χ1v) is 8.24. The normalized spacial score (nSPS) is 13.2. The molecule has 0 saturated carbocycles. The lowest BCUT2D eigenvalue weighted by Gasteiger charge is -2.10. The summed E-state index contributed by atoms with van der Waals surface area (Å²) in [5.41, 5.74) is 1.32. The van der Waals surface area contributed by atoms with E-state index in [0.717, 1.165) is 25.9 Å². The summed E-state index contributed by atoms with van der Waals surface area (Å²) in [5, 5.41) is 4.88. The second kappa shape index (κ2) is 8.67. The molecule has 1 atom stereocenters. The smallest absolute Gasteiger partial charge is 0.0944 e. The average molecular weight is 283 g/mol. The standard InChI is InChI=1S/C15H29N3S/c1-6-8-13-14(11-16-12(3)7-2)19-15(17-13)9-10-18(4)5/h12,16H,6-11H2,1-5H3. The van der Waals surface area contributed by atoms with E-state index in [9.17, 15) is 0 Å². The summed E-state index contributed by atoms with van der Waals surface area (Å²) in [7, 11) is 4.23. The van der Waals surface area contributed by atoms with Gasteiger partial charge in [-0.1, -0.05) is 20.3 Å². The van der Waals surface area contributed by atoms with E-state index in [1.54, 1.807) is 0 Å². The van der Waals surface area contributed by atoms with Gasteiger partial charge in [0.2, 0.25) is 0 Å². The Morgan fingerprint density at radius 3 is 2.58 bits per heavy atom.